The number of likely N-dealkylation sites (tertiary alicyclic amines) is 1. The normalized spacial score (nSPS) is 23.5. The van der Waals surface area contributed by atoms with Gasteiger partial charge in [-0.1, -0.05) is 6.42 Å². The molecule has 0 aliphatic carbocycles. The lowest BCUT2D eigenvalue weighted by Crippen LogP contribution is -2.32. The van der Waals surface area contributed by atoms with Crippen molar-refractivity contribution in [1.29, 1.82) is 0 Å². The molecule has 2 aliphatic heterocycles. The van der Waals surface area contributed by atoms with Gasteiger partial charge in [0.1, 0.15) is 17.6 Å². The van der Waals surface area contributed by atoms with E-state index in [0.717, 1.165) is 31.8 Å². The third kappa shape index (κ3) is 2.70. The van der Waals surface area contributed by atoms with Crippen molar-refractivity contribution in [2.45, 2.75) is 51.0 Å². The Kier molecular flexibility index (Phi) is 4.00. The summed E-state index contributed by atoms with van der Waals surface area (Å²) in [7, 11) is 0. The van der Waals surface area contributed by atoms with Crippen molar-refractivity contribution in [1.82, 2.24) is 19.7 Å². The van der Waals surface area contributed by atoms with Gasteiger partial charge in [0.25, 0.3) is 0 Å². The number of nitrogens with zero attached hydrogens (tertiary/aromatic N) is 4. The van der Waals surface area contributed by atoms with Gasteiger partial charge in [-0.2, -0.15) is 0 Å². The second-order valence-electron chi connectivity index (χ2n) is 5.81. The molecule has 1 unspecified atom stereocenters. The number of hydrogen-bond acceptors (Lipinski definition) is 4. The van der Waals surface area contributed by atoms with Crippen LogP contribution >= 0.6 is 0 Å². The fourth-order valence-electron chi connectivity index (χ4n) is 3.29. The fourth-order valence-corrected chi connectivity index (χ4v) is 3.29. The molecule has 6 heteroatoms. The maximum absolute atomic E-state index is 11.2. The number of fused-ring (bicyclic) bond motifs is 1. The molecule has 3 heterocycles. The van der Waals surface area contributed by atoms with Gasteiger partial charge in [-0.15, -0.1) is 10.2 Å². The van der Waals surface area contributed by atoms with Crippen molar-refractivity contribution >= 4 is 5.97 Å². The fraction of sp³-hybridized carbons (Fsp3) is 0.786. The van der Waals surface area contributed by atoms with Crippen LogP contribution < -0.4 is 0 Å². The Morgan fingerprint density at radius 1 is 1.15 bits per heavy atom. The smallest absolute Gasteiger partial charge is 0.314 e. The van der Waals surface area contributed by atoms with Crippen molar-refractivity contribution < 1.29 is 9.90 Å². The Labute approximate surface area is 118 Å². The number of carbonyl (C=O) groups is 1. The van der Waals surface area contributed by atoms with E-state index in [1.165, 1.54) is 32.4 Å². The highest BCUT2D eigenvalue weighted by molar-refractivity contribution is 5.75. The number of aliphatic carboxylic acids is 1. The lowest BCUT2D eigenvalue weighted by molar-refractivity contribution is -0.139. The molecule has 0 spiro atoms. The predicted octanol–water partition coefficient (Wildman–Crippen LogP) is 1.27. The Hall–Kier alpha value is -1.43. The van der Waals surface area contributed by atoms with Crippen LogP contribution in [0.2, 0.25) is 0 Å². The first kappa shape index (κ1) is 13.5. The van der Waals surface area contributed by atoms with E-state index in [0.29, 0.717) is 12.2 Å². The highest BCUT2D eigenvalue weighted by Gasteiger charge is 2.30. The molecule has 1 aromatic rings. The van der Waals surface area contributed by atoms with Crippen molar-refractivity contribution in [3.05, 3.63) is 11.6 Å². The molecule has 1 aromatic heterocycles. The van der Waals surface area contributed by atoms with Crippen LogP contribution in [-0.2, 0) is 17.8 Å². The highest BCUT2D eigenvalue weighted by Crippen LogP contribution is 2.26. The predicted molar refractivity (Wildman–Crippen MR) is 73.6 cm³/mol. The van der Waals surface area contributed by atoms with Gasteiger partial charge >= 0.3 is 5.97 Å². The molecule has 0 bridgehead atoms. The number of hydrogen-bond donors (Lipinski definition) is 1. The van der Waals surface area contributed by atoms with E-state index < -0.39 is 11.9 Å². The molecule has 6 nitrogen and oxygen atoms in total. The first-order valence-electron chi connectivity index (χ1n) is 7.63. The second-order valence-corrected chi connectivity index (χ2v) is 5.81. The SMILES string of the molecule is O=C(O)C1CCCn2c(CCN3CCCCC3)nnc21. The zero-order chi connectivity index (χ0) is 13.9. The Morgan fingerprint density at radius 2 is 1.95 bits per heavy atom. The second kappa shape index (κ2) is 5.91. The third-order valence-corrected chi connectivity index (χ3v) is 4.44. The summed E-state index contributed by atoms with van der Waals surface area (Å²) in [5.41, 5.74) is 0. The maximum Gasteiger partial charge on any atom is 0.314 e. The molecule has 0 radical (unpaired) electrons. The molecule has 0 aromatic carbocycles. The van der Waals surface area contributed by atoms with E-state index in [1.807, 2.05) is 4.57 Å². The molecule has 20 heavy (non-hydrogen) atoms. The summed E-state index contributed by atoms with van der Waals surface area (Å²) in [5, 5.41) is 17.6. The van der Waals surface area contributed by atoms with Crippen molar-refractivity contribution in [2.24, 2.45) is 0 Å². The molecular formula is C14H22N4O2. The topological polar surface area (TPSA) is 71.2 Å². The minimum Gasteiger partial charge on any atom is -0.481 e. The van der Waals surface area contributed by atoms with Crippen LogP contribution in [0.1, 0.15) is 49.7 Å². The molecule has 3 rings (SSSR count). The summed E-state index contributed by atoms with van der Waals surface area (Å²) in [6.45, 7) is 4.23. The first-order valence-corrected chi connectivity index (χ1v) is 7.63. The minimum absolute atomic E-state index is 0.472. The molecule has 1 N–H and O–H groups in total. The number of piperidine rings is 1. The standard InChI is InChI=1S/C14H22N4O2/c19-14(20)11-5-4-9-18-12(15-16-13(11)18)6-10-17-7-2-1-3-8-17/h11H,1-10H2,(H,19,20). The van der Waals surface area contributed by atoms with Crippen LogP contribution in [0.15, 0.2) is 0 Å². The van der Waals surface area contributed by atoms with E-state index >= 15 is 0 Å². The molecule has 2 aliphatic rings. The first-order chi connectivity index (χ1) is 9.75. The van der Waals surface area contributed by atoms with Gasteiger partial charge in [-0.25, -0.2) is 0 Å². The highest BCUT2D eigenvalue weighted by atomic mass is 16.4. The summed E-state index contributed by atoms with van der Waals surface area (Å²) >= 11 is 0. The Balaban J connectivity index is 1.67. The van der Waals surface area contributed by atoms with E-state index in [9.17, 15) is 9.90 Å². The molecule has 1 atom stereocenters. The van der Waals surface area contributed by atoms with Crippen LogP contribution in [0.25, 0.3) is 0 Å². The zero-order valence-corrected chi connectivity index (χ0v) is 11.8. The van der Waals surface area contributed by atoms with Gasteiger partial charge in [0, 0.05) is 19.5 Å². The number of aromatic nitrogens is 3. The van der Waals surface area contributed by atoms with Crippen LogP contribution in [0.4, 0.5) is 0 Å². The van der Waals surface area contributed by atoms with Crippen molar-refractivity contribution in [2.75, 3.05) is 19.6 Å². The maximum atomic E-state index is 11.2. The largest absolute Gasteiger partial charge is 0.481 e. The average Bonchev–Trinajstić information content (AvgIpc) is 2.89. The van der Waals surface area contributed by atoms with Crippen LogP contribution in [-0.4, -0.2) is 50.4 Å². The monoisotopic (exact) mass is 278 g/mol. The van der Waals surface area contributed by atoms with Gasteiger partial charge < -0.3 is 14.6 Å². The number of carboxylic acid groups (broad SMARTS) is 1. The van der Waals surface area contributed by atoms with E-state index in [-0.39, 0.29) is 0 Å². The molecule has 0 amide bonds. The van der Waals surface area contributed by atoms with E-state index in [4.69, 9.17) is 0 Å². The van der Waals surface area contributed by atoms with Gasteiger partial charge in [0.2, 0.25) is 0 Å². The van der Waals surface area contributed by atoms with Gasteiger partial charge in [-0.05, 0) is 38.8 Å². The summed E-state index contributed by atoms with van der Waals surface area (Å²) in [6, 6.07) is 0. The third-order valence-electron chi connectivity index (χ3n) is 4.44. The number of carboxylic acids is 1. The Morgan fingerprint density at radius 3 is 2.70 bits per heavy atom. The quantitative estimate of drug-likeness (QED) is 0.898. The van der Waals surface area contributed by atoms with Crippen molar-refractivity contribution in [3.8, 4) is 0 Å². The lowest BCUT2D eigenvalue weighted by Gasteiger charge is -2.26. The van der Waals surface area contributed by atoms with Gasteiger partial charge in [-0.3, -0.25) is 4.79 Å². The van der Waals surface area contributed by atoms with Crippen LogP contribution in [0, 0.1) is 0 Å². The van der Waals surface area contributed by atoms with Crippen LogP contribution in [0.5, 0.6) is 0 Å². The summed E-state index contributed by atoms with van der Waals surface area (Å²) in [6.07, 6.45) is 6.38. The molecule has 1 saturated heterocycles. The molecule has 110 valence electrons. The summed E-state index contributed by atoms with van der Waals surface area (Å²) < 4.78 is 2.03. The average molecular weight is 278 g/mol. The molecule has 0 saturated carbocycles. The summed E-state index contributed by atoms with van der Waals surface area (Å²) in [4.78, 5) is 13.7. The number of rotatable bonds is 4. The van der Waals surface area contributed by atoms with Crippen LogP contribution in [0.3, 0.4) is 0 Å². The summed E-state index contributed by atoms with van der Waals surface area (Å²) in [5.74, 6) is 0.356. The zero-order valence-electron chi connectivity index (χ0n) is 11.8. The van der Waals surface area contributed by atoms with E-state index in [2.05, 4.69) is 15.1 Å². The lowest BCUT2D eigenvalue weighted by atomic mass is 9.99. The van der Waals surface area contributed by atoms with Gasteiger partial charge in [0.05, 0.1) is 0 Å². The molecule has 1 fully saturated rings. The molecular weight excluding hydrogens is 256 g/mol. The Bertz CT molecular complexity index is 480. The van der Waals surface area contributed by atoms with E-state index in [1.54, 1.807) is 0 Å². The van der Waals surface area contributed by atoms with Crippen molar-refractivity contribution in [3.63, 3.8) is 0 Å². The van der Waals surface area contributed by atoms with Gasteiger partial charge in [0.15, 0.2) is 0 Å². The minimum atomic E-state index is -0.777.